The Morgan fingerprint density at radius 3 is 2.82 bits per heavy atom. The van der Waals surface area contributed by atoms with Crippen molar-refractivity contribution in [1.82, 2.24) is 20.4 Å². The number of guanidine groups is 1. The monoisotopic (exact) mass is 313 g/mol. The number of rotatable bonds is 6. The van der Waals surface area contributed by atoms with E-state index in [0.29, 0.717) is 19.1 Å². The third kappa shape index (κ3) is 3.30. The fourth-order valence-corrected chi connectivity index (χ4v) is 2.60. The van der Waals surface area contributed by atoms with Crippen LogP contribution in [0.4, 0.5) is 4.79 Å². The number of amides is 3. The lowest BCUT2D eigenvalue weighted by Crippen LogP contribution is -2.65. The molecule has 0 aromatic heterocycles. The average molecular weight is 313 g/mol. The van der Waals surface area contributed by atoms with Crippen molar-refractivity contribution in [3.8, 4) is 0 Å². The van der Waals surface area contributed by atoms with E-state index in [1.807, 2.05) is 0 Å². The molecule has 0 spiro atoms. The molecule has 2 aliphatic rings. The Bertz CT molecular complexity index is 467. The number of aliphatic hydroxyl groups is 1. The van der Waals surface area contributed by atoms with Gasteiger partial charge in [0.15, 0.2) is 12.0 Å². The number of hydrogen-bond acceptors (Lipinski definition) is 5. The average Bonchev–Trinajstić information content (AvgIpc) is 2.80. The van der Waals surface area contributed by atoms with Crippen molar-refractivity contribution in [2.24, 2.45) is 4.99 Å². The number of hydrogen-bond donors (Lipinski definition) is 3. The van der Waals surface area contributed by atoms with Crippen LogP contribution in [0.3, 0.4) is 0 Å². The molecule has 9 heteroatoms. The van der Waals surface area contributed by atoms with Crippen LogP contribution in [0.25, 0.3) is 0 Å². The van der Waals surface area contributed by atoms with Crippen LogP contribution >= 0.6 is 0 Å². The van der Waals surface area contributed by atoms with Gasteiger partial charge in [0.2, 0.25) is 0 Å². The van der Waals surface area contributed by atoms with E-state index < -0.39 is 24.3 Å². The molecule has 0 aromatic carbocycles. The minimum absolute atomic E-state index is 0.257. The van der Waals surface area contributed by atoms with Crippen molar-refractivity contribution in [2.75, 3.05) is 33.9 Å². The molecular formula is C13H23N5O4. The molecule has 3 amide bonds. The van der Waals surface area contributed by atoms with Crippen molar-refractivity contribution in [1.29, 1.82) is 0 Å². The minimum atomic E-state index is -0.625. The van der Waals surface area contributed by atoms with E-state index in [1.165, 1.54) is 4.90 Å². The minimum Gasteiger partial charge on any atom is -0.392 e. The van der Waals surface area contributed by atoms with Crippen molar-refractivity contribution >= 4 is 17.9 Å². The summed E-state index contributed by atoms with van der Waals surface area (Å²) in [5.41, 5.74) is 0. The van der Waals surface area contributed by atoms with Gasteiger partial charge < -0.3 is 25.0 Å². The van der Waals surface area contributed by atoms with Gasteiger partial charge in [0, 0.05) is 33.9 Å². The Labute approximate surface area is 129 Å². The lowest BCUT2D eigenvalue weighted by Gasteiger charge is -2.35. The van der Waals surface area contributed by atoms with E-state index in [2.05, 4.69) is 15.6 Å². The Hall–Kier alpha value is -1.87. The number of carbonyl (C=O) groups excluding carboxylic acids is 2. The predicted molar refractivity (Wildman–Crippen MR) is 79.2 cm³/mol. The number of ether oxygens (including phenoxy) is 1. The SMILES string of the molecule is COCCCN=C1NC2C(C(=O)NC(=O)N2C)N1CC(C)O. The number of carbonyl (C=O) groups is 2. The summed E-state index contributed by atoms with van der Waals surface area (Å²) in [5, 5.41) is 15.1. The Morgan fingerprint density at radius 2 is 2.18 bits per heavy atom. The Balaban J connectivity index is 2.18. The summed E-state index contributed by atoms with van der Waals surface area (Å²) < 4.78 is 4.98. The number of urea groups is 1. The van der Waals surface area contributed by atoms with Crippen molar-refractivity contribution in [3.63, 3.8) is 0 Å². The van der Waals surface area contributed by atoms with Crippen LogP contribution in [0.5, 0.6) is 0 Å². The number of fused-ring (bicyclic) bond motifs is 1. The van der Waals surface area contributed by atoms with Crippen LogP contribution < -0.4 is 10.6 Å². The topological polar surface area (TPSA) is 106 Å². The molecule has 3 atom stereocenters. The second-order valence-electron chi connectivity index (χ2n) is 5.49. The van der Waals surface area contributed by atoms with Gasteiger partial charge in [0.25, 0.3) is 5.91 Å². The number of nitrogens with zero attached hydrogens (tertiary/aromatic N) is 3. The molecule has 3 unspecified atom stereocenters. The number of likely N-dealkylation sites (N-methyl/N-ethyl adjacent to an activating group) is 1. The molecular weight excluding hydrogens is 290 g/mol. The van der Waals surface area contributed by atoms with Crippen molar-refractivity contribution < 1.29 is 19.4 Å². The molecule has 2 fully saturated rings. The standard InChI is InChI=1S/C13H23N5O4/c1-8(19)7-18-9-10(17(2)13(21)16-11(9)20)15-12(18)14-5-4-6-22-3/h8-10,19H,4-7H2,1-3H3,(H,14,15)(H,16,20,21). The quantitative estimate of drug-likeness (QED) is 0.518. The lowest BCUT2D eigenvalue weighted by molar-refractivity contribution is -0.127. The number of nitrogens with one attached hydrogen (secondary N) is 2. The van der Waals surface area contributed by atoms with E-state index in [4.69, 9.17) is 4.74 Å². The Morgan fingerprint density at radius 1 is 1.45 bits per heavy atom. The number of methoxy groups -OCH3 is 1. The first-order valence-corrected chi connectivity index (χ1v) is 7.28. The molecule has 0 radical (unpaired) electrons. The second-order valence-corrected chi connectivity index (χ2v) is 5.49. The molecule has 22 heavy (non-hydrogen) atoms. The summed E-state index contributed by atoms with van der Waals surface area (Å²) >= 11 is 0. The maximum atomic E-state index is 12.1. The molecule has 0 aliphatic carbocycles. The summed E-state index contributed by atoms with van der Waals surface area (Å²) in [6.07, 6.45) is -0.359. The lowest BCUT2D eigenvalue weighted by atomic mass is 10.1. The van der Waals surface area contributed by atoms with E-state index in [-0.39, 0.29) is 12.5 Å². The summed E-state index contributed by atoms with van der Waals surface area (Å²) in [6, 6.07) is -1.05. The molecule has 0 saturated carbocycles. The third-order valence-electron chi connectivity index (χ3n) is 3.65. The van der Waals surface area contributed by atoms with Crippen molar-refractivity contribution in [2.45, 2.75) is 31.7 Å². The summed E-state index contributed by atoms with van der Waals surface area (Å²) in [4.78, 5) is 31.4. The maximum Gasteiger partial charge on any atom is 0.325 e. The van der Waals surface area contributed by atoms with Gasteiger partial charge in [-0.1, -0.05) is 0 Å². The maximum absolute atomic E-state index is 12.1. The van der Waals surface area contributed by atoms with E-state index in [0.717, 1.165) is 6.42 Å². The van der Waals surface area contributed by atoms with Gasteiger partial charge >= 0.3 is 6.03 Å². The van der Waals surface area contributed by atoms with Crippen LogP contribution in [0, 0.1) is 0 Å². The smallest absolute Gasteiger partial charge is 0.325 e. The largest absolute Gasteiger partial charge is 0.392 e. The zero-order valence-corrected chi connectivity index (χ0v) is 13.1. The first kappa shape index (κ1) is 16.5. The van der Waals surface area contributed by atoms with Gasteiger partial charge in [-0.25, -0.2) is 4.79 Å². The van der Waals surface area contributed by atoms with Gasteiger partial charge in [-0.2, -0.15) is 0 Å². The van der Waals surface area contributed by atoms with Gasteiger partial charge in [0.05, 0.1) is 6.10 Å². The number of imide groups is 1. The second kappa shape index (κ2) is 6.93. The van der Waals surface area contributed by atoms with E-state index >= 15 is 0 Å². The van der Waals surface area contributed by atoms with Crippen LogP contribution in [0.1, 0.15) is 13.3 Å². The summed E-state index contributed by atoms with van der Waals surface area (Å²) in [5.74, 6) is 0.132. The fourth-order valence-electron chi connectivity index (χ4n) is 2.60. The van der Waals surface area contributed by atoms with E-state index in [1.54, 1.807) is 26.0 Å². The highest BCUT2D eigenvalue weighted by Crippen LogP contribution is 2.20. The molecule has 2 heterocycles. The predicted octanol–water partition coefficient (Wildman–Crippen LogP) is -1.46. The van der Waals surface area contributed by atoms with Gasteiger partial charge in [0.1, 0.15) is 6.17 Å². The van der Waals surface area contributed by atoms with Crippen LogP contribution in [-0.2, 0) is 9.53 Å². The third-order valence-corrected chi connectivity index (χ3v) is 3.65. The normalized spacial score (nSPS) is 27.7. The number of aliphatic hydroxyl groups excluding tert-OH is 1. The first-order valence-electron chi connectivity index (χ1n) is 7.28. The molecule has 2 saturated heterocycles. The zero-order valence-electron chi connectivity index (χ0n) is 13.1. The fraction of sp³-hybridized carbons (Fsp3) is 0.769. The first-order chi connectivity index (χ1) is 10.5. The molecule has 9 nitrogen and oxygen atoms in total. The molecule has 3 N–H and O–H groups in total. The zero-order chi connectivity index (χ0) is 16.3. The van der Waals surface area contributed by atoms with Crippen LogP contribution in [-0.4, -0.2) is 85.0 Å². The van der Waals surface area contributed by atoms with Crippen LogP contribution in [0.15, 0.2) is 4.99 Å². The molecule has 124 valence electrons. The Kier molecular flexibility index (Phi) is 5.19. The van der Waals surface area contributed by atoms with Crippen molar-refractivity contribution in [3.05, 3.63) is 0 Å². The number of aliphatic imine (C=N–C) groups is 1. The highest BCUT2D eigenvalue weighted by molar-refractivity contribution is 6.04. The van der Waals surface area contributed by atoms with Gasteiger partial charge in [-0.3, -0.25) is 15.1 Å². The number of β-amino-alcohol motifs (C(OH)–C–C–N with tert-alkyl or cyclic N) is 1. The summed E-state index contributed by atoms with van der Waals surface area (Å²) in [6.45, 7) is 3.03. The molecule has 0 bridgehead atoms. The van der Waals surface area contributed by atoms with Gasteiger partial charge in [-0.15, -0.1) is 0 Å². The highest BCUT2D eigenvalue weighted by atomic mass is 16.5. The molecule has 0 aromatic rings. The molecule has 2 aliphatic heterocycles. The van der Waals surface area contributed by atoms with Gasteiger partial charge in [-0.05, 0) is 13.3 Å². The van der Waals surface area contributed by atoms with Crippen LogP contribution in [0.2, 0.25) is 0 Å². The summed E-state index contributed by atoms with van der Waals surface area (Å²) in [7, 11) is 3.24. The van der Waals surface area contributed by atoms with E-state index in [9.17, 15) is 14.7 Å². The highest BCUT2D eigenvalue weighted by Gasteiger charge is 2.49. The molecule has 2 rings (SSSR count).